The third kappa shape index (κ3) is 4.60. The average Bonchev–Trinajstić information content (AvgIpc) is 2.63. The van der Waals surface area contributed by atoms with E-state index in [0.717, 1.165) is 24.8 Å². The van der Waals surface area contributed by atoms with Gasteiger partial charge in [-0.15, -0.1) is 0 Å². The molecular weight excluding hydrogens is 318 g/mol. The fraction of sp³-hybridized carbons (Fsp3) is 0.650. The molecule has 0 spiro atoms. The number of aliphatic hydroxyl groups is 2. The molecule has 1 aromatic carbocycles. The van der Waals surface area contributed by atoms with Gasteiger partial charge in [0, 0.05) is 13.0 Å². The first-order chi connectivity index (χ1) is 12.0. The Hall–Kier alpha value is -1.43. The summed E-state index contributed by atoms with van der Waals surface area (Å²) in [5.74, 6) is -0.0291. The zero-order valence-corrected chi connectivity index (χ0v) is 14.8. The van der Waals surface area contributed by atoms with Gasteiger partial charge in [0.1, 0.15) is 5.60 Å². The quantitative estimate of drug-likeness (QED) is 0.854. The first-order valence-corrected chi connectivity index (χ1v) is 9.33. The number of morpholine rings is 1. The predicted octanol–water partition coefficient (Wildman–Crippen LogP) is 1.90. The molecule has 5 nitrogen and oxygen atoms in total. The predicted molar refractivity (Wildman–Crippen MR) is 95.1 cm³/mol. The van der Waals surface area contributed by atoms with Gasteiger partial charge in [-0.1, -0.05) is 49.6 Å². The maximum absolute atomic E-state index is 12.8. The van der Waals surface area contributed by atoms with E-state index in [0.29, 0.717) is 39.0 Å². The van der Waals surface area contributed by atoms with Crippen LogP contribution in [0.4, 0.5) is 0 Å². The number of aliphatic hydroxyl groups excluding tert-OH is 1. The van der Waals surface area contributed by atoms with E-state index in [9.17, 15) is 15.0 Å². The second-order valence-corrected chi connectivity index (χ2v) is 7.63. The summed E-state index contributed by atoms with van der Waals surface area (Å²) in [4.78, 5) is 14.5. The lowest BCUT2D eigenvalue weighted by Gasteiger charge is -2.43. The molecule has 138 valence electrons. The summed E-state index contributed by atoms with van der Waals surface area (Å²) in [5.41, 5.74) is -0.531. The molecule has 0 aromatic heterocycles. The van der Waals surface area contributed by atoms with Crippen molar-refractivity contribution in [3.8, 4) is 0 Å². The molecule has 1 unspecified atom stereocenters. The van der Waals surface area contributed by atoms with Crippen LogP contribution in [0.1, 0.15) is 44.1 Å². The first-order valence-electron chi connectivity index (χ1n) is 9.33. The van der Waals surface area contributed by atoms with Crippen LogP contribution >= 0.6 is 0 Å². The number of benzene rings is 1. The second-order valence-electron chi connectivity index (χ2n) is 7.63. The average molecular weight is 347 g/mol. The summed E-state index contributed by atoms with van der Waals surface area (Å²) >= 11 is 0. The van der Waals surface area contributed by atoms with Crippen molar-refractivity contribution in [1.29, 1.82) is 0 Å². The van der Waals surface area contributed by atoms with Crippen molar-refractivity contribution < 1.29 is 19.7 Å². The van der Waals surface area contributed by atoms with Crippen LogP contribution < -0.4 is 0 Å². The largest absolute Gasteiger partial charge is 0.393 e. The number of carbonyl (C=O) groups excluding carboxylic acids is 1. The summed E-state index contributed by atoms with van der Waals surface area (Å²) in [6.45, 7) is 1.17. The molecule has 1 heterocycles. The van der Waals surface area contributed by atoms with E-state index in [-0.39, 0.29) is 18.9 Å². The van der Waals surface area contributed by atoms with Crippen LogP contribution in [-0.4, -0.2) is 58.5 Å². The van der Waals surface area contributed by atoms with Gasteiger partial charge in [0.15, 0.2) is 0 Å². The van der Waals surface area contributed by atoms with E-state index in [1.165, 1.54) is 0 Å². The third-order valence-electron chi connectivity index (χ3n) is 5.52. The van der Waals surface area contributed by atoms with E-state index in [2.05, 4.69) is 0 Å². The van der Waals surface area contributed by atoms with Crippen molar-refractivity contribution in [2.75, 3.05) is 26.3 Å². The van der Waals surface area contributed by atoms with Crippen LogP contribution in [0.25, 0.3) is 0 Å². The molecule has 1 amide bonds. The van der Waals surface area contributed by atoms with Gasteiger partial charge in [-0.25, -0.2) is 0 Å². The Bertz CT molecular complexity index is 570. The zero-order chi connectivity index (χ0) is 17.8. The Morgan fingerprint density at radius 2 is 1.88 bits per heavy atom. The number of ether oxygens (including phenoxy) is 1. The molecule has 1 saturated heterocycles. The standard InChI is InChI=1S/C20H29NO4/c22-16-20(13-17-7-3-1-4-8-17)15-21(11-12-25-20)18(23)14-19(24)9-5-2-6-10-19/h1,3-4,7-8,22,24H,2,5-6,9-16H2. The summed E-state index contributed by atoms with van der Waals surface area (Å²) < 4.78 is 5.91. The van der Waals surface area contributed by atoms with Crippen molar-refractivity contribution in [3.63, 3.8) is 0 Å². The van der Waals surface area contributed by atoms with Crippen LogP contribution in [-0.2, 0) is 16.0 Å². The highest BCUT2D eigenvalue weighted by Gasteiger charge is 2.40. The molecule has 2 aliphatic rings. The van der Waals surface area contributed by atoms with Gasteiger partial charge < -0.3 is 19.8 Å². The van der Waals surface area contributed by atoms with Crippen LogP contribution in [0.15, 0.2) is 30.3 Å². The molecule has 0 radical (unpaired) electrons. The fourth-order valence-electron chi connectivity index (χ4n) is 4.06. The number of rotatable bonds is 5. The van der Waals surface area contributed by atoms with E-state index < -0.39 is 11.2 Å². The highest BCUT2D eigenvalue weighted by atomic mass is 16.5. The van der Waals surface area contributed by atoms with Crippen molar-refractivity contribution >= 4 is 5.91 Å². The zero-order valence-electron chi connectivity index (χ0n) is 14.8. The van der Waals surface area contributed by atoms with Crippen LogP contribution in [0.2, 0.25) is 0 Å². The molecule has 1 saturated carbocycles. The van der Waals surface area contributed by atoms with Crippen LogP contribution in [0.5, 0.6) is 0 Å². The topological polar surface area (TPSA) is 70.0 Å². The first kappa shape index (κ1) is 18.4. The maximum atomic E-state index is 12.8. The number of amides is 1. The number of hydrogen-bond acceptors (Lipinski definition) is 4. The van der Waals surface area contributed by atoms with Gasteiger partial charge in [0.2, 0.25) is 5.91 Å². The van der Waals surface area contributed by atoms with E-state index in [4.69, 9.17) is 4.74 Å². The number of carbonyl (C=O) groups is 1. The Kier molecular flexibility index (Phi) is 5.77. The molecule has 2 N–H and O–H groups in total. The minimum atomic E-state index is -0.852. The Morgan fingerprint density at radius 3 is 2.56 bits per heavy atom. The Balaban J connectivity index is 1.65. The number of hydrogen-bond donors (Lipinski definition) is 2. The SMILES string of the molecule is O=C(CC1(O)CCCCC1)N1CCOC(CO)(Cc2ccccc2)C1. The molecule has 1 aliphatic carbocycles. The van der Waals surface area contributed by atoms with Gasteiger partial charge in [-0.05, 0) is 18.4 Å². The Labute approximate surface area is 149 Å². The van der Waals surface area contributed by atoms with Crippen molar-refractivity contribution in [1.82, 2.24) is 4.90 Å². The van der Waals surface area contributed by atoms with E-state index >= 15 is 0 Å². The molecule has 1 aromatic rings. The maximum Gasteiger partial charge on any atom is 0.225 e. The smallest absolute Gasteiger partial charge is 0.225 e. The molecule has 5 heteroatoms. The highest BCUT2D eigenvalue weighted by molar-refractivity contribution is 5.77. The summed E-state index contributed by atoms with van der Waals surface area (Å²) in [5, 5.41) is 20.6. The van der Waals surface area contributed by atoms with Gasteiger partial charge in [0.25, 0.3) is 0 Å². The second kappa shape index (κ2) is 7.85. The lowest BCUT2D eigenvalue weighted by Crippen LogP contribution is -2.57. The normalized spacial score (nSPS) is 26.4. The third-order valence-corrected chi connectivity index (χ3v) is 5.52. The summed E-state index contributed by atoms with van der Waals surface area (Å²) in [6.07, 6.45) is 5.27. The molecule has 0 bridgehead atoms. The molecular formula is C20H29NO4. The minimum Gasteiger partial charge on any atom is -0.393 e. The Morgan fingerprint density at radius 1 is 1.16 bits per heavy atom. The van der Waals surface area contributed by atoms with Gasteiger partial charge in [0.05, 0.1) is 31.8 Å². The minimum absolute atomic E-state index is 0.0291. The van der Waals surface area contributed by atoms with E-state index in [1.807, 2.05) is 30.3 Å². The van der Waals surface area contributed by atoms with Gasteiger partial charge in [-0.3, -0.25) is 4.79 Å². The lowest BCUT2D eigenvalue weighted by molar-refractivity contribution is -0.162. The molecule has 3 rings (SSSR count). The molecule has 1 aliphatic heterocycles. The van der Waals surface area contributed by atoms with Crippen molar-refractivity contribution in [2.24, 2.45) is 0 Å². The fourth-order valence-corrected chi connectivity index (χ4v) is 4.06. The lowest BCUT2D eigenvalue weighted by atomic mass is 9.82. The van der Waals surface area contributed by atoms with E-state index in [1.54, 1.807) is 4.90 Å². The summed E-state index contributed by atoms with van der Waals surface area (Å²) in [6, 6.07) is 9.89. The molecule has 2 fully saturated rings. The van der Waals surface area contributed by atoms with Crippen molar-refractivity contribution in [3.05, 3.63) is 35.9 Å². The van der Waals surface area contributed by atoms with Crippen molar-refractivity contribution in [2.45, 2.75) is 56.1 Å². The highest BCUT2D eigenvalue weighted by Crippen LogP contribution is 2.32. The molecule has 25 heavy (non-hydrogen) atoms. The molecule has 1 atom stereocenters. The summed E-state index contributed by atoms with van der Waals surface area (Å²) in [7, 11) is 0. The van der Waals surface area contributed by atoms with Gasteiger partial charge in [-0.2, -0.15) is 0 Å². The number of nitrogens with zero attached hydrogens (tertiary/aromatic N) is 1. The van der Waals surface area contributed by atoms with Crippen LogP contribution in [0, 0.1) is 0 Å². The van der Waals surface area contributed by atoms with Gasteiger partial charge >= 0.3 is 0 Å². The monoisotopic (exact) mass is 347 g/mol. The van der Waals surface area contributed by atoms with Crippen LogP contribution in [0.3, 0.4) is 0 Å².